The number of likely N-dealkylation sites (tertiary alicyclic amines) is 1. The number of alkyl halides is 2. The van der Waals surface area contributed by atoms with E-state index in [2.05, 4.69) is 10.1 Å². The lowest BCUT2D eigenvalue weighted by molar-refractivity contribution is -0.0443. The molecule has 3 heterocycles. The van der Waals surface area contributed by atoms with E-state index in [1.54, 1.807) is 24.5 Å². The molecule has 1 saturated heterocycles. The molecule has 1 spiro atoms. The maximum absolute atomic E-state index is 14.3. The van der Waals surface area contributed by atoms with Crippen LogP contribution < -0.4 is 0 Å². The van der Waals surface area contributed by atoms with Crippen molar-refractivity contribution in [2.24, 2.45) is 4.99 Å². The zero-order valence-electron chi connectivity index (χ0n) is 14.3. The summed E-state index contributed by atoms with van der Waals surface area (Å²) >= 11 is 5.95. The molecule has 1 aromatic rings. The highest BCUT2D eigenvalue weighted by molar-refractivity contribution is 6.69. The predicted octanol–water partition coefficient (Wildman–Crippen LogP) is 3.37. The minimum atomic E-state index is -2.81. The van der Waals surface area contributed by atoms with Gasteiger partial charge in [-0.15, -0.1) is 0 Å². The number of hydrogen-bond acceptors (Lipinski definition) is 4. The third-order valence-electron chi connectivity index (χ3n) is 5.08. The number of dihydropyridines is 1. The number of rotatable bonds is 5. The minimum absolute atomic E-state index is 0.218. The van der Waals surface area contributed by atoms with Gasteiger partial charge >= 0.3 is 0 Å². The number of allylic oxidation sites excluding steroid dienone is 1. The number of hydrogen-bond donors (Lipinski definition) is 1. The molecule has 1 aromatic heterocycles. The fourth-order valence-corrected chi connectivity index (χ4v) is 3.95. The smallest absolute Gasteiger partial charge is 0.279 e. The molecule has 138 valence electrons. The lowest BCUT2D eigenvalue weighted by Gasteiger charge is -2.37. The summed E-state index contributed by atoms with van der Waals surface area (Å²) in [4.78, 5) is 6.15. The Hall–Kier alpha value is -1.86. The third-order valence-corrected chi connectivity index (χ3v) is 5.29. The van der Waals surface area contributed by atoms with E-state index in [1.807, 2.05) is 11.0 Å². The highest BCUT2D eigenvalue weighted by Gasteiger charge is 2.42. The molecule has 0 radical (unpaired) electrons. The molecule has 0 amide bonds. The van der Waals surface area contributed by atoms with E-state index in [1.165, 1.54) is 4.68 Å². The Kier molecular flexibility index (Phi) is 4.31. The molecule has 1 aliphatic carbocycles. The second kappa shape index (κ2) is 6.39. The molecule has 26 heavy (non-hydrogen) atoms. The molecule has 3 aliphatic rings. The van der Waals surface area contributed by atoms with Gasteiger partial charge in [-0.05, 0) is 49.7 Å². The number of aliphatic imine (C=N–C) groups is 1. The number of nitrogens with one attached hydrogen (secondary N) is 1. The molecule has 0 bridgehead atoms. The molecule has 1 fully saturated rings. The largest absolute Gasteiger partial charge is 0.302 e. The monoisotopic (exact) mass is 379 g/mol. The summed E-state index contributed by atoms with van der Waals surface area (Å²) in [6, 6.07) is 0. The van der Waals surface area contributed by atoms with Crippen LogP contribution in [0.5, 0.6) is 0 Å². The molecule has 0 aromatic carbocycles. The molecule has 2 aliphatic heterocycles. The van der Waals surface area contributed by atoms with Gasteiger partial charge in [0, 0.05) is 18.2 Å². The van der Waals surface area contributed by atoms with Crippen molar-refractivity contribution in [3.63, 3.8) is 0 Å². The quantitative estimate of drug-likeness (QED) is 0.852. The Morgan fingerprint density at radius 1 is 1.23 bits per heavy atom. The van der Waals surface area contributed by atoms with Crippen LogP contribution in [-0.4, -0.2) is 56.7 Å². The summed E-state index contributed by atoms with van der Waals surface area (Å²) in [6.07, 6.45) is 10.9. The topological polar surface area (TPSA) is 57.3 Å². The maximum atomic E-state index is 14.3. The van der Waals surface area contributed by atoms with Crippen LogP contribution >= 0.6 is 11.6 Å². The summed E-state index contributed by atoms with van der Waals surface area (Å²) in [6.45, 7) is 0.853. The fourth-order valence-electron chi connectivity index (χ4n) is 3.73. The van der Waals surface area contributed by atoms with Gasteiger partial charge in [-0.25, -0.2) is 8.78 Å². The van der Waals surface area contributed by atoms with E-state index in [0.29, 0.717) is 17.3 Å². The molecule has 1 unspecified atom stereocenters. The van der Waals surface area contributed by atoms with Crippen molar-refractivity contribution < 1.29 is 8.78 Å². The molecule has 5 nitrogen and oxygen atoms in total. The summed E-state index contributed by atoms with van der Waals surface area (Å²) in [7, 11) is 0. The molecule has 0 saturated carbocycles. The van der Waals surface area contributed by atoms with E-state index >= 15 is 0 Å². The molecule has 1 atom stereocenters. The van der Waals surface area contributed by atoms with Crippen LogP contribution in [0.1, 0.15) is 24.8 Å². The highest BCUT2D eigenvalue weighted by atomic mass is 35.5. The predicted molar refractivity (Wildman–Crippen MR) is 98.3 cm³/mol. The van der Waals surface area contributed by atoms with Crippen molar-refractivity contribution in [2.75, 3.05) is 19.6 Å². The number of halogens is 3. The van der Waals surface area contributed by atoms with Crippen LogP contribution in [0, 0.1) is 5.41 Å². The van der Waals surface area contributed by atoms with Crippen LogP contribution in [-0.2, 0) is 6.54 Å². The zero-order chi connectivity index (χ0) is 18.4. The van der Waals surface area contributed by atoms with Crippen LogP contribution in [0.2, 0.25) is 0 Å². The normalized spacial score (nSPS) is 26.2. The van der Waals surface area contributed by atoms with Gasteiger partial charge in [0.15, 0.2) is 0 Å². The van der Waals surface area contributed by atoms with Gasteiger partial charge < -0.3 is 5.41 Å². The number of aromatic nitrogens is 2. The lowest BCUT2D eigenvalue weighted by Crippen LogP contribution is -2.41. The third kappa shape index (κ3) is 3.38. The maximum Gasteiger partial charge on any atom is 0.279 e. The Morgan fingerprint density at radius 3 is 2.69 bits per heavy atom. The van der Waals surface area contributed by atoms with Crippen molar-refractivity contribution in [3.8, 4) is 0 Å². The van der Waals surface area contributed by atoms with Gasteiger partial charge in [0.2, 0.25) is 0 Å². The Morgan fingerprint density at radius 2 is 1.96 bits per heavy atom. The first-order chi connectivity index (χ1) is 12.4. The van der Waals surface area contributed by atoms with Crippen LogP contribution in [0.15, 0.2) is 35.6 Å². The van der Waals surface area contributed by atoms with Crippen LogP contribution in [0.4, 0.5) is 8.78 Å². The van der Waals surface area contributed by atoms with Crippen molar-refractivity contribution in [2.45, 2.75) is 37.3 Å². The molecule has 1 N–H and O–H groups in total. The standard InChI is InChI=1S/C18H20ClF2N5/c19-16-4-3-15(22)17(24-16)7-13(8-17)14-9-23-26(10-14)12-18(20,21)11-25-5-1-2-6-25/h3-4,7,9-10,22H,1-2,5-6,8,11-12H2. The Bertz CT molecular complexity index is 819. The number of nitrogens with zero attached hydrogens (tertiary/aromatic N) is 4. The summed E-state index contributed by atoms with van der Waals surface area (Å²) in [5, 5.41) is 12.5. The van der Waals surface area contributed by atoms with Gasteiger partial charge in [0.1, 0.15) is 17.3 Å². The van der Waals surface area contributed by atoms with Crippen molar-refractivity contribution in [3.05, 3.63) is 36.2 Å². The van der Waals surface area contributed by atoms with E-state index in [-0.39, 0.29) is 6.54 Å². The van der Waals surface area contributed by atoms with E-state index < -0.39 is 18.0 Å². The summed E-state index contributed by atoms with van der Waals surface area (Å²) in [5.74, 6) is -2.81. The minimum Gasteiger partial charge on any atom is -0.302 e. The van der Waals surface area contributed by atoms with Gasteiger partial charge in [-0.2, -0.15) is 5.10 Å². The first kappa shape index (κ1) is 17.5. The van der Waals surface area contributed by atoms with E-state index in [9.17, 15) is 8.78 Å². The van der Waals surface area contributed by atoms with E-state index in [4.69, 9.17) is 17.0 Å². The Balaban J connectivity index is 1.43. The average Bonchev–Trinajstić information content (AvgIpc) is 3.18. The zero-order valence-corrected chi connectivity index (χ0v) is 15.0. The lowest BCUT2D eigenvalue weighted by atomic mass is 9.73. The second-order valence-electron chi connectivity index (χ2n) is 7.22. The van der Waals surface area contributed by atoms with Crippen LogP contribution in [0.25, 0.3) is 5.57 Å². The van der Waals surface area contributed by atoms with Crippen molar-refractivity contribution in [1.82, 2.24) is 14.7 Å². The summed E-state index contributed by atoms with van der Waals surface area (Å²) in [5.41, 5.74) is 1.42. The van der Waals surface area contributed by atoms with Crippen LogP contribution in [0.3, 0.4) is 0 Å². The fraction of sp³-hybridized carbons (Fsp3) is 0.500. The first-order valence-corrected chi connectivity index (χ1v) is 9.10. The van der Waals surface area contributed by atoms with Gasteiger partial charge in [-0.1, -0.05) is 11.6 Å². The SMILES string of the molecule is N=C1C=CC(Cl)=NC12C=C(c1cnn(CC(F)(F)CN3CCCC3)c1)C2. The van der Waals surface area contributed by atoms with Gasteiger partial charge in [-0.3, -0.25) is 14.6 Å². The average molecular weight is 380 g/mol. The van der Waals surface area contributed by atoms with E-state index in [0.717, 1.165) is 37.1 Å². The van der Waals surface area contributed by atoms with Crippen molar-refractivity contribution >= 4 is 28.1 Å². The molecular formula is C18H20ClF2N5. The molecular weight excluding hydrogens is 360 g/mol. The van der Waals surface area contributed by atoms with Gasteiger partial charge in [0.05, 0.1) is 18.5 Å². The van der Waals surface area contributed by atoms with Crippen molar-refractivity contribution in [1.29, 1.82) is 5.41 Å². The molecule has 8 heteroatoms. The first-order valence-electron chi connectivity index (χ1n) is 8.73. The highest BCUT2D eigenvalue weighted by Crippen LogP contribution is 2.42. The molecule has 4 rings (SSSR count). The summed E-state index contributed by atoms with van der Waals surface area (Å²) < 4.78 is 29.8. The Labute approximate surface area is 155 Å². The second-order valence-corrected chi connectivity index (χ2v) is 7.61. The van der Waals surface area contributed by atoms with Gasteiger partial charge in [0.25, 0.3) is 5.92 Å².